The highest BCUT2D eigenvalue weighted by molar-refractivity contribution is 5.79. The summed E-state index contributed by atoms with van der Waals surface area (Å²) in [5, 5.41) is 10.3. The summed E-state index contributed by atoms with van der Waals surface area (Å²) >= 11 is 0. The van der Waals surface area contributed by atoms with Gasteiger partial charge in [-0.3, -0.25) is 4.68 Å². The standard InChI is InChI=1S/C25H26F4N8/c1-36(2)10-3-11-37-15-19(13-32-37)33-24-31-14-20(16-4-6-17(7-5-16)25(27,28)29)23(35-24)34-22-12-18(30)8-9-21(22)26/h4-9,12-15H,3,10-11,30H2,1-2H3,(H2,31,33,34,35). The van der Waals surface area contributed by atoms with Crippen LogP contribution in [-0.4, -0.2) is 45.3 Å². The van der Waals surface area contributed by atoms with Crippen LogP contribution in [0.4, 0.5) is 46.4 Å². The van der Waals surface area contributed by atoms with E-state index in [4.69, 9.17) is 5.73 Å². The number of hydrogen-bond acceptors (Lipinski definition) is 7. The molecule has 4 aromatic rings. The number of halogens is 4. The van der Waals surface area contributed by atoms with Gasteiger partial charge >= 0.3 is 6.18 Å². The van der Waals surface area contributed by atoms with Crippen molar-refractivity contribution >= 4 is 28.8 Å². The lowest BCUT2D eigenvalue weighted by Gasteiger charge is -2.14. The van der Waals surface area contributed by atoms with Gasteiger partial charge in [0.05, 0.1) is 23.1 Å². The van der Waals surface area contributed by atoms with Crippen molar-refractivity contribution in [2.24, 2.45) is 0 Å². The van der Waals surface area contributed by atoms with E-state index in [2.05, 4.69) is 30.6 Å². The lowest BCUT2D eigenvalue weighted by Crippen LogP contribution is -2.15. The average molecular weight is 515 g/mol. The van der Waals surface area contributed by atoms with Gasteiger partial charge in [-0.05, 0) is 63.0 Å². The molecule has 0 aliphatic rings. The van der Waals surface area contributed by atoms with Gasteiger partial charge in [-0.2, -0.15) is 23.3 Å². The Morgan fingerprint density at radius 2 is 1.78 bits per heavy atom. The first-order chi connectivity index (χ1) is 17.6. The van der Waals surface area contributed by atoms with E-state index in [0.717, 1.165) is 31.6 Å². The topological polar surface area (TPSA) is 96.9 Å². The van der Waals surface area contributed by atoms with Crippen LogP contribution in [0.2, 0.25) is 0 Å². The molecule has 0 bridgehead atoms. The number of alkyl halides is 3. The second-order valence-electron chi connectivity index (χ2n) is 8.67. The smallest absolute Gasteiger partial charge is 0.399 e. The Morgan fingerprint density at radius 1 is 1.03 bits per heavy atom. The molecule has 194 valence electrons. The zero-order valence-corrected chi connectivity index (χ0v) is 20.2. The molecule has 0 spiro atoms. The molecule has 2 aromatic carbocycles. The van der Waals surface area contributed by atoms with Crippen molar-refractivity contribution in [3.05, 3.63) is 72.4 Å². The van der Waals surface area contributed by atoms with Gasteiger partial charge in [0.25, 0.3) is 0 Å². The van der Waals surface area contributed by atoms with Gasteiger partial charge in [-0.15, -0.1) is 0 Å². The maximum Gasteiger partial charge on any atom is 0.416 e. The number of nitrogens with one attached hydrogen (secondary N) is 2. The maximum atomic E-state index is 14.5. The first-order valence-electron chi connectivity index (χ1n) is 11.4. The molecule has 0 atom stereocenters. The summed E-state index contributed by atoms with van der Waals surface area (Å²) in [6, 6.07) is 8.59. The molecule has 4 rings (SSSR count). The summed E-state index contributed by atoms with van der Waals surface area (Å²) in [4.78, 5) is 10.9. The SMILES string of the molecule is CN(C)CCCn1cc(Nc2ncc(-c3ccc(C(F)(F)F)cc3)c(Nc3cc(N)ccc3F)n2)cn1. The molecule has 4 N–H and O–H groups in total. The highest BCUT2D eigenvalue weighted by Gasteiger charge is 2.30. The van der Waals surface area contributed by atoms with Crippen LogP contribution in [0.15, 0.2) is 61.1 Å². The highest BCUT2D eigenvalue weighted by Crippen LogP contribution is 2.34. The van der Waals surface area contributed by atoms with Crippen molar-refractivity contribution in [3.8, 4) is 11.1 Å². The molecule has 0 saturated heterocycles. The molecule has 8 nitrogen and oxygen atoms in total. The van der Waals surface area contributed by atoms with E-state index in [-0.39, 0.29) is 17.5 Å². The Hall–Kier alpha value is -4.19. The summed E-state index contributed by atoms with van der Waals surface area (Å²) < 4.78 is 55.3. The second kappa shape index (κ2) is 10.8. The van der Waals surface area contributed by atoms with Gasteiger partial charge in [0.2, 0.25) is 5.95 Å². The Balaban J connectivity index is 1.63. The van der Waals surface area contributed by atoms with E-state index in [9.17, 15) is 17.6 Å². The van der Waals surface area contributed by atoms with Crippen LogP contribution in [0.5, 0.6) is 0 Å². The molecule has 0 aliphatic heterocycles. The number of nitrogens with zero attached hydrogens (tertiary/aromatic N) is 5. The minimum atomic E-state index is -4.47. The third kappa shape index (κ3) is 6.73. The number of benzene rings is 2. The zero-order valence-electron chi connectivity index (χ0n) is 20.2. The first-order valence-corrected chi connectivity index (χ1v) is 11.4. The molecule has 0 unspecified atom stereocenters. The number of aryl methyl sites for hydroxylation is 1. The second-order valence-corrected chi connectivity index (χ2v) is 8.67. The molecule has 12 heteroatoms. The molecule has 0 fully saturated rings. The van der Waals surface area contributed by atoms with Crippen LogP contribution >= 0.6 is 0 Å². The average Bonchev–Trinajstić information content (AvgIpc) is 3.28. The monoisotopic (exact) mass is 514 g/mol. The largest absolute Gasteiger partial charge is 0.416 e. The molecule has 0 radical (unpaired) electrons. The fourth-order valence-corrected chi connectivity index (χ4v) is 3.58. The van der Waals surface area contributed by atoms with Crippen LogP contribution in [0.3, 0.4) is 0 Å². The molecule has 0 amide bonds. The van der Waals surface area contributed by atoms with E-state index in [1.807, 2.05) is 20.3 Å². The minimum absolute atomic E-state index is 0.0616. The highest BCUT2D eigenvalue weighted by atomic mass is 19.4. The van der Waals surface area contributed by atoms with Crippen LogP contribution in [0.25, 0.3) is 11.1 Å². The van der Waals surface area contributed by atoms with Gasteiger partial charge in [0.15, 0.2) is 0 Å². The molecule has 37 heavy (non-hydrogen) atoms. The third-order valence-corrected chi connectivity index (χ3v) is 5.44. The maximum absolute atomic E-state index is 14.5. The van der Waals surface area contributed by atoms with Gasteiger partial charge in [0, 0.05) is 30.2 Å². The van der Waals surface area contributed by atoms with Crippen molar-refractivity contribution in [2.45, 2.75) is 19.1 Å². The number of anilines is 5. The van der Waals surface area contributed by atoms with E-state index < -0.39 is 17.6 Å². The van der Waals surface area contributed by atoms with Crippen molar-refractivity contribution in [1.29, 1.82) is 0 Å². The summed E-state index contributed by atoms with van der Waals surface area (Å²) in [6.45, 7) is 1.65. The Bertz CT molecular complexity index is 1350. The fourth-order valence-electron chi connectivity index (χ4n) is 3.58. The third-order valence-electron chi connectivity index (χ3n) is 5.44. The Morgan fingerprint density at radius 3 is 2.49 bits per heavy atom. The van der Waals surface area contributed by atoms with Crippen LogP contribution in [0, 0.1) is 5.82 Å². The number of aromatic nitrogens is 4. The van der Waals surface area contributed by atoms with Gasteiger partial charge in [-0.25, -0.2) is 9.37 Å². The predicted molar refractivity (Wildman–Crippen MR) is 135 cm³/mol. The minimum Gasteiger partial charge on any atom is -0.399 e. The molecular weight excluding hydrogens is 488 g/mol. The summed E-state index contributed by atoms with van der Waals surface area (Å²) in [5.41, 5.74) is 6.85. The molecule has 2 aromatic heterocycles. The van der Waals surface area contributed by atoms with Gasteiger partial charge in [0.1, 0.15) is 11.6 Å². The number of nitrogens with two attached hydrogens (primary N) is 1. The van der Waals surface area contributed by atoms with E-state index in [0.29, 0.717) is 22.5 Å². The normalized spacial score (nSPS) is 11.6. The van der Waals surface area contributed by atoms with Crippen molar-refractivity contribution in [2.75, 3.05) is 37.0 Å². The zero-order chi connectivity index (χ0) is 26.6. The van der Waals surface area contributed by atoms with Crippen molar-refractivity contribution < 1.29 is 17.6 Å². The summed E-state index contributed by atoms with van der Waals surface area (Å²) in [5.74, 6) is -0.199. The number of nitrogen functional groups attached to an aromatic ring is 1. The molecule has 2 heterocycles. The lowest BCUT2D eigenvalue weighted by molar-refractivity contribution is -0.137. The van der Waals surface area contributed by atoms with Crippen molar-refractivity contribution in [3.63, 3.8) is 0 Å². The quantitative estimate of drug-likeness (QED) is 0.200. The van der Waals surface area contributed by atoms with Crippen LogP contribution in [-0.2, 0) is 12.7 Å². The van der Waals surface area contributed by atoms with E-state index in [1.165, 1.54) is 36.5 Å². The molecule has 0 aliphatic carbocycles. The Labute approximate surface area is 211 Å². The number of rotatable bonds is 9. The lowest BCUT2D eigenvalue weighted by atomic mass is 10.1. The van der Waals surface area contributed by atoms with E-state index >= 15 is 0 Å². The summed E-state index contributed by atoms with van der Waals surface area (Å²) in [6.07, 6.45) is 1.35. The Kier molecular flexibility index (Phi) is 7.58. The summed E-state index contributed by atoms with van der Waals surface area (Å²) in [7, 11) is 4.01. The van der Waals surface area contributed by atoms with Crippen molar-refractivity contribution in [1.82, 2.24) is 24.6 Å². The van der Waals surface area contributed by atoms with Gasteiger partial charge < -0.3 is 21.3 Å². The predicted octanol–water partition coefficient (Wildman–Crippen LogP) is 5.52. The first kappa shape index (κ1) is 25.9. The van der Waals surface area contributed by atoms with Crippen LogP contribution in [0.1, 0.15) is 12.0 Å². The van der Waals surface area contributed by atoms with E-state index in [1.54, 1.807) is 10.9 Å². The fraction of sp³-hybridized carbons (Fsp3) is 0.240. The number of hydrogen-bond donors (Lipinski definition) is 3. The molecular formula is C25H26F4N8. The molecule has 0 saturated carbocycles. The van der Waals surface area contributed by atoms with Gasteiger partial charge in [-0.1, -0.05) is 12.1 Å². The van der Waals surface area contributed by atoms with Crippen LogP contribution < -0.4 is 16.4 Å².